The van der Waals surface area contributed by atoms with Crippen LogP contribution < -0.4 is 0 Å². The molecule has 0 fully saturated rings. The van der Waals surface area contributed by atoms with Gasteiger partial charge in [-0.05, 0) is 20.3 Å². The lowest BCUT2D eigenvalue weighted by Gasteiger charge is -2.23. The number of rotatable bonds is 4. The summed E-state index contributed by atoms with van der Waals surface area (Å²) in [5.74, 6) is -1.10. The first-order valence-electron chi connectivity index (χ1n) is 3.42. The maximum absolute atomic E-state index is 9.15. The summed E-state index contributed by atoms with van der Waals surface area (Å²) in [4.78, 5) is 0. The molecule has 0 saturated heterocycles. The number of hydrogen-bond donors (Lipinski definition) is 1. The minimum Gasteiger partial charge on any atom is -0.366 e. The largest absolute Gasteiger partial charge is 0.366 e. The summed E-state index contributed by atoms with van der Waals surface area (Å²) in [5, 5.41) is 9.15. The van der Waals surface area contributed by atoms with Gasteiger partial charge in [-0.3, -0.25) is 0 Å². The number of hydrogen-bond acceptors (Lipinski definition) is 3. The van der Waals surface area contributed by atoms with E-state index in [1.165, 1.54) is 0 Å². The van der Waals surface area contributed by atoms with E-state index in [0.717, 1.165) is 6.42 Å². The molecule has 0 aliphatic rings. The lowest BCUT2D eigenvalue weighted by atomic mass is 10.4. The molecule has 0 bridgehead atoms. The van der Waals surface area contributed by atoms with Crippen molar-refractivity contribution in [2.45, 2.75) is 39.3 Å². The van der Waals surface area contributed by atoms with E-state index in [1.807, 2.05) is 6.92 Å². The fraction of sp³-hybridized carbons (Fsp3) is 1.00. The molecule has 62 valence electrons. The summed E-state index contributed by atoms with van der Waals surface area (Å²) in [5.41, 5.74) is 0. The second-order valence-corrected chi connectivity index (χ2v) is 2.64. The Labute approximate surface area is 62.0 Å². The van der Waals surface area contributed by atoms with E-state index < -0.39 is 5.79 Å². The molecule has 0 aromatic heterocycles. The molecule has 0 aromatic carbocycles. The molecule has 0 aliphatic carbocycles. The van der Waals surface area contributed by atoms with E-state index in [0.29, 0.717) is 0 Å². The predicted molar refractivity (Wildman–Crippen MR) is 38.5 cm³/mol. The highest BCUT2D eigenvalue weighted by Crippen LogP contribution is 2.10. The molecule has 0 amide bonds. The van der Waals surface area contributed by atoms with Crippen molar-refractivity contribution in [1.82, 2.24) is 0 Å². The minimum absolute atomic E-state index is 0.306. The van der Waals surface area contributed by atoms with Crippen LogP contribution in [-0.4, -0.2) is 24.3 Å². The zero-order valence-corrected chi connectivity index (χ0v) is 7.05. The van der Waals surface area contributed by atoms with E-state index >= 15 is 0 Å². The molecule has 0 saturated carbocycles. The number of methoxy groups -OCH3 is 1. The van der Waals surface area contributed by atoms with Crippen molar-refractivity contribution in [1.29, 1.82) is 0 Å². The van der Waals surface area contributed by atoms with Gasteiger partial charge in [0.25, 0.3) is 0 Å². The van der Waals surface area contributed by atoms with E-state index in [1.54, 1.807) is 21.0 Å². The molecule has 0 spiro atoms. The van der Waals surface area contributed by atoms with Crippen LogP contribution in [0.1, 0.15) is 27.2 Å². The summed E-state index contributed by atoms with van der Waals surface area (Å²) in [7, 11) is 1.56. The van der Waals surface area contributed by atoms with Gasteiger partial charge in [-0.2, -0.15) is 0 Å². The van der Waals surface area contributed by atoms with Crippen molar-refractivity contribution in [2.24, 2.45) is 0 Å². The summed E-state index contributed by atoms with van der Waals surface area (Å²) >= 11 is 0. The first-order valence-corrected chi connectivity index (χ1v) is 3.42. The van der Waals surface area contributed by atoms with Gasteiger partial charge in [0.1, 0.15) is 0 Å². The summed E-state index contributed by atoms with van der Waals surface area (Å²) in [6, 6.07) is 0. The molecule has 0 aliphatic heterocycles. The number of aliphatic hydroxyl groups is 1. The highest BCUT2D eigenvalue weighted by Gasteiger charge is 2.18. The molecule has 0 rings (SSSR count). The minimum atomic E-state index is -1.10. The molecule has 3 nitrogen and oxygen atoms in total. The van der Waals surface area contributed by atoms with E-state index in [-0.39, 0.29) is 6.29 Å². The molecule has 10 heavy (non-hydrogen) atoms. The first-order chi connectivity index (χ1) is 4.49. The molecular weight excluding hydrogens is 132 g/mol. The van der Waals surface area contributed by atoms with Crippen LogP contribution in [0.2, 0.25) is 0 Å². The topological polar surface area (TPSA) is 38.7 Å². The fourth-order valence-corrected chi connectivity index (χ4v) is 0.620. The van der Waals surface area contributed by atoms with Crippen LogP contribution >= 0.6 is 0 Å². The molecule has 0 radical (unpaired) electrons. The second-order valence-electron chi connectivity index (χ2n) is 2.64. The normalized spacial score (nSPS) is 15.3. The molecule has 1 atom stereocenters. The van der Waals surface area contributed by atoms with Crippen molar-refractivity contribution >= 4 is 0 Å². The van der Waals surface area contributed by atoms with Crippen molar-refractivity contribution in [3.63, 3.8) is 0 Å². The smallest absolute Gasteiger partial charge is 0.162 e. The Morgan fingerprint density at radius 1 is 1.50 bits per heavy atom. The Balaban J connectivity index is 3.63. The standard InChI is InChI=1S/C7H16O3/c1-5-6(9-4)10-7(2,3)8/h6,8H,5H2,1-4H3. The van der Waals surface area contributed by atoms with Crippen molar-refractivity contribution in [3.8, 4) is 0 Å². The van der Waals surface area contributed by atoms with Gasteiger partial charge >= 0.3 is 0 Å². The second kappa shape index (κ2) is 3.91. The van der Waals surface area contributed by atoms with Gasteiger partial charge in [0.05, 0.1) is 0 Å². The summed E-state index contributed by atoms with van der Waals surface area (Å²) in [6.07, 6.45) is 0.431. The van der Waals surface area contributed by atoms with E-state index in [4.69, 9.17) is 14.6 Å². The third kappa shape index (κ3) is 4.73. The van der Waals surface area contributed by atoms with Gasteiger partial charge in [-0.15, -0.1) is 0 Å². The van der Waals surface area contributed by atoms with E-state index in [2.05, 4.69) is 0 Å². The molecule has 1 unspecified atom stereocenters. The van der Waals surface area contributed by atoms with Gasteiger partial charge in [0, 0.05) is 7.11 Å². The zero-order chi connectivity index (χ0) is 8.20. The average Bonchev–Trinajstić information content (AvgIpc) is 1.81. The molecule has 0 heterocycles. The van der Waals surface area contributed by atoms with Gasteiger partial charge < -0.3 is 14.6 Å². The summed E-state index contributed by atoms with van der Waals surface area (Å²) < 4.78 is 9.96. The lowest BCUT2D eigenvalue weighted by molar-refractivity contribution is -0.268. The maximum atomic E-state index is 9.15. The van der Waals surface area contributed by atoms with Crippen LogP contribution in [0.15, 0.2) is 0 Å². The third-order valence-electron chi connectivity index (χ3n) is 1.02. The monoisotopic (exact) mass is 148 g/mol. The van der Waals surface area contributed by atoms with Gasteiger partial charge in [0.2, 0.25) is 0 Å². The van der Waals surface area contributed by atoms with Crippen molar-refractivity contribution in [2.75, 3.05) is 7.11 Å². The van der Waals surface area contributed by atoms with Gasteiger partial charge in [-0.1, -0.05) is 6.92 Å². The molecule has 1 N–H and O–H groups in total. The molecule has 3 heteroatoms. The van der Waals surface area contributed by atoms with Crippen LogP contribution in [0.5, 0.6) is 0 Å². The molecular formula is C7H16O3. The van der Waals surface area contributed by atoms with Gasteiger partial charge in [-0.25, -0.2) is 0 Å². The zero-order valence-electron chi connectivity index (χ0n) is 7.05. The Morgan fingerprint density at radius 2 is 2.00 bits per heavy atom. The fourth-order valence-electron chi connectivity index (χ4n) is 0.620. The Hall–Kier alpha value is -0.120. The van der Waals surface area contributed by atoms with Crippen LogP contribution in [0.3, 0.4) is 0 Å². The third-order valence-corrected chi connectivity index (χ3v) is 1.02. The van der Waals surface area contributed by atoms with Crippen LogP contribution in [0, 0.1) is 0 Å². The van der Waals surface area contributed by atoms with Crippen molar-refractivity contribution in [3.05, 3.63) is 0 Å². The van der Waals surface area contributed by atoms with E-state index in [9.17, 15) is 0 Å². The quantitative estimate of drug-likeness (QED) is 0.607. The Morgan fingerprint density at radius 3 is 2.10 bits per heavy atom. The first kappa shape index (κ1) is 9.88. The SMILES string of the molecule is CCC(OC)OC(C)(C)O. The Bertz CT molecular complexity index is 81.3. The lowest BCUT2D eigenvalue weighted by Crippen LogP contribution is -2.30. The highest BCUT2D eigenvalue weighted by atomic mass is 16.7. The average molecular weight is 148 g/mol. The van der Waals surface area contributed by atoms with Crippen molar-refractivity contribution < 1.29 is 14.6 Å². The maximum Gasteiger partial charge on any atom is 0.162 e. The van der Waals surface area contributed by atoms with Crippen LogP contribution in [0.4, 0.5) is 0 Å². The summed E-state index contributed by atoms with van der Waals surface area (Å²) in [6.45, 7) is 5.09. The Kier molecular flexibility index (Phi) is 3.86. The molecule has 0 aromatic rings. The number of ether oxygens (including phenoxy) is 2. The van der Waals surface area contributed by atoms with Crippen LogP contribution in [-0.2, 0) is 9.47 Å². The van der Waals surface area contributed by atoms with Crippen LogP contribution in [0.25, 0.3) is 0 Å². The highest BCUT2D eigenvalue weighted by molar-refractivity contribution is 4.50. The predicted octanol–water partition coefficient (Wildman–Crippen LogP) is 1.11. The van der Waals surface area contributed by atoms with Gasteiger partial charge in [0.15, 0.2) is 12.1 Å².